The maximum Gasteiger partial charge on any atom is 0.283 e. The van der Waals surface area contributed by atoms with E-state index in [4.69, 9.17) is 34.8 Å². The third-order valence-corrected chi connectivity index (χ3v) is 4.39. The van der Waals surface area contributed by atoms with E-state index < -0.39 is 17.6 Å². The summed E-state index contributed by atoms with van der Waals surface area (Å²) in [4.78, 5) is 25.6. The molecule has 2 aromatic rings. The van der Waals surface area contributed by atoms with E-state index in [2.05, 4.69) is 5.32 Å². The van der Waals surface area contributed by atoms with Crippen LogP contribution in [-0.4, -0.2) is 11.8 Å². The molecular weight excluding hydrogens is 378 g/mol. The third kappa shape index (κ3) is 2.98. The average molecular weight is 386 g/mol. The minimum Gasteiger partial charge on any atom is -0.350 e. The second-order valence-corrected chi connectivity index (χ2v) is 6.06. The van der Waals surface area contributed by atoms with Crippen molar-refractivity contribution in [2.24, 2.45) is 0 Å². The molecular formula is C16H8Cl3FN2O2. The fourth-order valence-corrected chi connectivity index (χ4v) is 2.66. The van der Waals surface area contributed by atoms with Crippen LogP contribution in [0.3, 0.4) is 0 Å². The highest BCUT2D eigenvalue weighted by Gasteiger charge is 2.38. The van der Waals surface area contributed by atoms with Crippen LogP contribution in [0.25, 0.3) is 0 Å². The molecule has 122 valence electrons. The molecule has 2 amide bonds. The molecule has 0 saturated heterocycles. The second-order valence-electron chi connectivity index (χ2n) is 4.87. The van der Waals surface area contributed by atoms with Gasteiger partial charge in [-0.1, -0.05) is 34.8 Å². The van der Waals surface area contributed by atoms with Gasteiger partial charge < -0.3 is 5.32 Å². The summed E-state index contributed by atoms with van der Waals surface area (Å²) in [5, 5.41) is 3.13. The number of hydrogen-bond acceptors (Lipinski definition) is 3. The first-order valence-corrected chi connectivity index (χ1v) is 7.78. The monoisotopic (exact) mass is 384 g/mol. The van der Waals surface area contributed by atoms with Crippen molar-refractivity contribution < 1.29 is 14.0 Å². The second kappa shape index (κ2) is 6.43. The number of imide groups is 1. The predicted molar refractivity (Wildman–Crippen MR) is 91.9 cm³/mol. The van der Waals surface area contributed by atoms with Gasteiger partial charge in [0.05, 0.1) is 15.7 Å². The average Bonchev–Trinajstić information content (AvgIpc) is 2.76. The fourth-order valence-electron chi connectivity index (χ4n) is 2.15. The molecule has 2 aromatic carbocycles. The van der Waals surface area contributed by atoms with E-state index in [9.17, 15) is 14.0 Å². The van der Waals surface area contributed by atoms with Crippen molar-refractivity contribution in [3.05, 3.63) is 69.1 Å². The lowest BCUT2D eigenvalue weighted by Crippen LogP contribution is -2.32. The van der Waals surface area contributed by atoms with Gasteiger partial charge in [0.1, 0.15) is 16.5 Å². The molecule has 3 rings (SSSR count). The Morgan fingerprint density at radius 3 is 2.17 bits per heavy atom. The Morgan fingerprint density at radius 2 is 1.54 bits per heavy atom. The Labute approximate surface area is 151 Å². The number of anilines is 2. The number of halogens is 4. The van der Waals surface area contributed by atoms with Crippen LogP contribution in [0.15, 0.2) is 53.2 Å². The Morgan fingerprint density at radius 1 is 0.875 bits per heavy atom. The van der Waals surface area contributed by atoms with E-state index >= 15 is 0 Å². The van der Waals surface area contributed by atoms with E-state index in [1.165, 1.54) is 18.2 Å². The van der Waals surface area contributed by atoms with Gasteiger partial charge in [0.2, 0.25) is 0 Å². The summed E-state index contributed by atoms with van der Waals surface area (Å²) in [5.74, 6) is -1.83. The van der Waals surface area contributed by atoms with E-state index in [1.807, 2.05) is 0 Å². The molecule has 0 atom stereocenters. The summed E-state index contributed by atoms with van der Waals surface area (Å²) in [6.45, 7) is 0. The van der Waals surface area contributed by atoms with Crippen molar-refractivity contribution in [2.45, 2.75) is 0 Å². The molecule has 1 aliphatic rings. The minimum atomic E-state index is -0.698. The summed E-state index contributed by atoms with van der Waals surface area (Å²) in [6, 6.07) is 9.56. The number of hydrogen-bond donors (Lipinski definition) is 1. The molecule has 1 heterocycles. The molecule has 0 saturated carbocycles. The fraction of sp³-hybridized carbons (Fsp3) is 0. The van der Waals surface area contributed by atoms with Crippen LogP contribution in [0.1, 0.15) is 0 Å². The first-order valence-electron chi connectivity index (χ1n) is 6.64. The van der Waals surface area contributed by atoms with Crippen LogP contribution in [-0.2, 0) is 9.59 Å². The lowest BCUT2D eigenvalue weighted by Gasteiger charge is -2.15. The number of carbonyl (C=O) groups excluding carboxylic acids is 2. The molecule has 4 nitrogen and oxygen atoms in total. The van der Waals surface area contributed by atoms with Gasteiger partial charge in [-0.15, -0.1) is 0 Å². The third-order valence-electron chi connectivity index (χ3n) is 3.30. The van der Waals surface area contributed by atoms with E-state index in [-0.39, 0.29) is 21.4 Å². The first kappa shape index (κ1) is 16.8. The van der Waals surface area contributed by atoms with Gasteiger partial charge in [-0.3, -0.25) is 9.59 Å². The first-order chi connectivity index (χ1) is 11.4. The summed E-state index contributed by atoms with van der Waals surface area (Å²) in [7, 11) is 0. The van der Waals surface area contributed by atoms with E-state index in [0.717, 1.165) is 17.0 Å². The maximum absolute atomic E-state index is 13.0. The van der Waals surface area contributed by atoms with Gasteiger partial charge in [0.25, 0.3) is 11.8 Å². The van der Waals surface area contributed by atoms with Gasteiger partial charge >= 0.3 is 0 Å². The molecule has 0 fully saturated rings. The number of nitrogens with zero attached hydrogens (tertiary/aromatic N) is 1. The van der Waals surface area contributed by atoms with Crippen LogP contribution >= 0.6 is 34.8 Å². The molecule has 0 radical (unpaired) electrons. The normalized spacial score (nSPS) is 14.6. The zero-order valence-electron chi connectivity index (χ0n) is 11.8. The van der Waals surface area contributed by atoms with Crippen molar-refractivity contribution in [1.82, 2.24) is 0 Å². The summed E-state index contributed by atoms with van der Waals surface area (Å²) in [6.07, 6.45) is 0. The molecule has 1 aliphatic heterocycles. The molecule has 0 unspecified atom stereocenters. The maximum atomic E-state index is 13.0. The molecule has 0 aliphatic carbocycles. The minimum absolute atomic E-state index is 0.0932. The predicted octanol–water partition coefficient (Wildman–Crippen LogP) is 4.57. The Hall–Kier alpha value is -2.08. The van der Waals surface area contributed by atoms with Crippen molar-refractivity contribution in [3.8, 4) is 0 Å². The van der Waals surface area contributed by atoms with Gasteiger partial charge in [-0.25, -0.2) is 9.29 Å². The number of benzene rings is 2. The summed E-state index contributed by atoms with van der Waals surface area (Å²) >= 11 is 17.7. The Bertz CT molecular complexity index is 881. The van der Waals surface area contributed by atoms with Crippen LogP contribution in [0, 0.1) is 5.82 Å². The van der Waals surface area contributed by atoms with Gasteiger partial charge in [-0.05, 0) is 42.5 Å². The van der Waals surface area contributed by atoms with Crippen LogP contribution in [0.5, 0.6) is 0 Å². The van der Waals surface area contributed by atoms with Gasteiger partial charge in [0, 0.05) is 5.69 Å². The number of carbonyl (C=O) groups is 2. The molecule has 0 aromatic heterocycles. The van der Waals surface area contributed by atoms with Gasteiger partial charge in [0.15, 0.2) is 0 Å². The van der Waals surface area contributed by atoms with Crippen LogP contribution in [0.2, 0.25) is 10.0 Å². The lowest BCUT2D eigenvalue weighted by atomic mass is 10.2. The van der Waals surface area contributed by atoms with Crippen molar-refractivity contribution >= 4 is 58.0 Å². The van der Waals surface area contributed by atoms with E-state index in [1.54, 1.807) is 12.1 Å². The highest BCUT2D eigenvalue weighted by molar-refractivity contribution is 6.53. The highest BCUT2D eigenvalue weighted by Crippen LogP contribution is 2.31. The number of nitrogens with one attached hydrogen (secondary N) is 1. The smallest absolute Gasteiger partial charge is 0.283 e. The van der Waals surface area contributed by atoms with Crippen molar-refractivity contribution in [1.29, 1.82) is 0 Å². The topological polar surface area (TPSA) is 49.4 Å². The summed E-state index contributed by atoms with van der Waals surface area (Å²) in [5.41, 5.74) is 0.569. The van der Waals surface area contributed by atoms with E-state index in [0.29, 0.717) is 10.7 Å². The molecule has 0 bridgehead atoms. The van der Waals surface area contributed by atoms with Crippen molar-refractivity contribution in [2.75, 3.05) is 10.2 Å². The Kier molecular flexibility index (Phi) is 4.49. The van der Waals surface area contributed by atoms with Crippen LogP contribution in [0.4, 0.5) is 15.8 Å². The number of rotatable bonds is 3. The SMILES string of the molecule is O=C1C(Cl)=C(Nc2ccc(Cl)c(Cl)c2)C(=O)N1c1ccc(F)cc1. The quantitative estimate of drug-likeness (QED) is 0.788. The largest absolute Gasteiger partial charge is 0.350 e. The highest BCUT2D eigenvalue weighted by atomic mass is 35.5. The zero-order chi connectivity index (χ0) is 17.4. The Balaban J connectivity index is 1.91. The zero-order valence-corrected chi connectivity index (χ0v) is 14.1. The summed E-state index contributed by atoms with van der Waals surface area (Å²) < 4.78 is 13.0. The van der Waals surface area contributed by atoms with Gasteiger partial charge in [-0.2, -0.15) is 0 Å². The number of amides is 2. The molecule has 24 heavy (non-hydrogen) atoms. The molecule has 8 heteroatoms. The molecule has 1 N–H and O–H groups in total. The van der Waals surface area contributed by atoms with Crippen LogP contribution < -0.4 is 10.2 Å². The van der Waals surface area contributed by atoms with Crippen molar-refractivity contribution in [3.63, 3.8) is 0 Å². The lowest BCUT2D eigenvalue weighted by molar-refractivity contribution is -0.120. The molecule has 0 spiro atoms. The standard InChI is InChI=1S/C16H8Cl3FN2O2/c17-11-6-3-9(7-12(11)18)21-14-13(19)15(23)22(16(14)24)10-4-1-8(20)2-5-10/h1-7,21H.